The third-order valence-electron chi connectivity index (χ3n) is 9.31. The number of phenols is 2. The summed E-state index contributed by atoms with van der Waals surface area (Å²) in [5.74, 6) is -6.38. The van der Waals surface area contributed by atoms with E-state index < -0.39 is 120 Å². The van der Waals surface area contributed by atoms with Gasteiger partial charge in [-0.05, 0) is 13.0 Å². The molecule has 3 amide bonds. The number of amides is 3. The Morgan fingerprint density at radius 2 is 1.71 bits per heavy atom. The van der Waals surface area contributed by atoms with E-state index >= 15 is 0 Å². The number of aliphatic hydroxyl groups excluding tert-OH is 2. The molecule has 0 radical (unpaired) electrons. The van der Waals surface area contributed by atoms with Crippen LogP contribution in [0.25, 0.3) is 0 Å². The van der Waals surface area contributed by atoms with Gasteiger partial charge in [0.05, 0.1) is 42.0 Å². The normalized spacial score (nSPS) is 27.4. The van der Waals surface area contributed by atoms with Crippen LogP contribution in [-0.4, -0.2) is 116 Å². The molecule has 1 saturated heterocycles. The number of aliphatic hydroxyl groups is 3. The lowest BCUT2D eigenvalue weighted by Crippen LogP contribution is -2.57. The fraction of sp³-hybridized carbons (Fsp3) is 0.394. The standard InChI is InChI=1S/C33H32N2O14/c1-13-28(41)16(34-20(38)11-35-21(39)6-7-22(35)40)8-23(48-13)49-18-10-33(46,19(37)12-36)9-15-25(18)32(45)27-26(30(15)43)29(42)14-4-3-5-17(47-2)24(14)31(27)44/h3-7,13,16,18,23,28,36,41,43,45-46H,8-12H2,1-2H3,(H,34,38)/t13?,16?,18-,23?,28?,33-/m0/s1. The summed E-state index contributed by atoms with van der Waals surface area (Å²) in [4.78, 5) is 77.6. The molecule has 0 spiro atoms. The van der Waals surface area contributed by atoms with E-state index in [1.165, 1.54) is 32.2 Å². The summed E-state index contributed by atoms with van der Waals surface area (Å²) in [6, 6.07) is 3.19. The van der Waals surface area contributed by atoms with Gasteiger partial charge in [-0.25, -0.2) is 0 Å². The average molecular weight is 681 g/mol. The maximum atomic E-state index is 13.8. The largest absolute Gasteiger partial charge is 0.507 e. The maximum Gasteiger partial charge on any atom is 0.254 e. The Hall–Kier alpha value is -5.00. The molecule has 16 nitrogen and oxygen atoms in total. The number of nitrogens with one attached hydrogen (secondary N) is 1. The monoisotopic (exact) mass is 680 g/mol. The molecule has 4 unspecified atom stereocenters. The van der Waals surface area contributed by atoms with Crippen LogP contribution in [0, 0.1) is 0 Å². The highest BCUT2D eigenvalue weighted by Gasteiger charge is 2.50. The van der Waals surface area contributed by atoms with E-state index in [4.69, 9.17) is 14.2 Å². The third kappa shape index (κ3) is 5.56. The van der Waals surface area contributed by atoms with E-state index in [-0.39, 0.29) is 34.4 Å². The Morgan fingerprint density at radius 1 is 1.04 bits per heavy atom. The van der Waals surface area contributed by atoms with Gasteiger partial charge in [0, 0.05) is 48.1 Å². The van der Waals surface area contributed by atoms with Crippen LogP contribution >= 0.6 is 0 Å². The van der Waals surface area contributed by atoms with Crippen molar-refractivity contribution in [1.29, 1.82) is 0 Å². The number of hydrogen-bond donors (Lipinski definition) is 6. The zero-order valence-electron chi connectivity index (χ0n) is 26.2. The molecule has 0 aromatic heterocycles. The number of carbonyl (C=O) groups excluding carboxylic acids is 6. The van der Waals surface area contributed by atoms with Gasteiger partial charge in [0.1, 0.15) is 42.1 Å². The van der Waals surface area contributed by atoms with Crippen molar-refractivity contribution in [2.75, 3.05) is 20.3 Å². The molecule has 16 heteroatoms. The fourth-order valence-corrected chi connectivity index (χ4v) is 6.84. The number of methoxy groups -OCH3 is 1. The average Bonchev–Trinajstić information content (AvgIpc) is 3.38. The van der Waals surface area contributed by atoms with Crippen LogP contribution < -0.4 is 10.1 Å². The van der Waals surface area contributed by atoms with Crippen molar-refractivity contribution in [3.05, 3.63) is 63.7 Å². The van der Waals surface area contributed by atoms with Crippen LogP contribution in [0.15, 0.2) is 30.4 Å². The molecule has 4 aliphatic rings. The number of rotatable bonds is 8. The predicted octanol–water partition coefficient (Wildman–Crippen LogP) is -0.916. The molecule has 2 aromatic carbocycles. The lowest BCUT2D eigenvalue weighted by atomic mass is 9.72. The van der Waals surface area contributed by atoms with E-state index in [0.717, 1.165) is 12.2 Å². The fourth-order valence-electron chi connectivity index (χ4n) is 6.84. The van der Waals surface area contributed by atoms with Crippen LogP contribution in [0.2, 0.25) is 0 Å². The van der Waals surface area contributed by atoms with E-state index in [9.17, 15) is 54.3 Å². The number of nitrogens with zero attached hydrogens (tertiary/aromatic N) is 1. The lowest BCUT2D eigenvalue weighted by molar-refractivity contribution is -0.249. The van der Waals surface area contributed by atoms with Gasteiger partial charge in [0.15, 0.2) is 17.9 Å². The zero-order chi connectivity index (χ0) is 35.5. The van der Waals surface area contributed by atoms with Crippen molar-refractivity contribution >= 4 is 35.1 Å². The van der Waals surface area contributed by atoms with E-state index in [2.05, 4.69) is 5.32 Å². The smallest absolute Gasteiger partial charge is 0.254 e. The van der Waals surface area contributed by atoms with Gasteiger partial charge in [-0.2, -0.15) is 0 Å². The summed E-state index contributed by atoms with van der Waals surface area (Å²) >= 11 is 0. The molecule has 6 atom stereocenters. The van der Waals surface area contributed by atoms with Gasteiger partial charge >= 0.3 is 0 Å². The molecule has 6 rings (SSSR count). The molecule has 49 heavy (non-hydrogen) atoms. The van der Waals surface area contributed by atoms with Crippen molar-refractivity contribution in [3.63, 3.8) is 0 Å². The first-order valence-electron chi connectivity index (χ1n) is 15.3. The molecule has 6 N–H and O–H groups in total. The molecule has 2 aliphatic heterocycles. The Labute approximate surface area is 277 Å². The second-order valence-electron chi connectivity index (χ2n) is 12.3. The van der Waals surface area contributed by atoms with Crippen LogP contribution in [-0.2, 0) is 35.1 Å². The molecule has 0 bridgehead atoms. The number of benzene rings is 2. The number of imide groups is 1. The summed E-state index contributed by atoms with van der Waals surface area (Å²) in [7, 11) is 1.29. The number of ether oxygens (including phenoxy) is 3. The number of fused-ring (bicyclic) bond motifs is 3. The number of Topliss-reactive ketones (excluding diaryl/α,β-unsaturated/α-hetero) is 1. The summed E-state index contributed by atoms with van der Waals surface area (Å²) in [5.41, 5.74) is -4.25. The summed E-state index contributed by atoms with van der Waals surface area (Å²) in [5, 5.41) is 57.6. The minimum absolute atomic E-state index is 0.0415. The highest BCUT2D eigenvalue weighted by atomic mass is 16.7. The highest BCUT2D eigenvalue weighted by molar-refractivity contribution is 6.31. The predicted molar refractivity (Wildman–Crippen MR) is 162 cm³/mol. The van der Waals surface area contributed by atoms with E-state index in [0.29, 0.717) is 4.90 Å². The molecule has 2 aliphatic carbocycles. The van der Waals surface area contributed by atoms with Crippen molar-refractivity contribution in [1.82, 2.24) is 10.2 Å². The number of aromatic hydroxyl groups is 2. The van der Waals surface area contributed by atoms with Crippen molar-refractivity contribution < 1.29 is 68.5 Å². The van der Waals surface area contributed by atoms with Crippen molar-refractivity contribution in [2.24, 2.45) is 0 Å². The maximum absolute atomic E-state index is 13.8. The number of ketones is 3. The Kier molecular flexibility index (Phi) is 8.62. The summed E-state index contributed by atoms with van der Waals surface area (Å²) < 4.78 is 17.2. The second kappa shape index (κ2) is 12.5. The first kappa shape index (κ1) is 33.9. The summed E-state index contributed by atoms with van der Waals surface area (Å²) in [6.07, 6.45) is -4.61. The van der Waals surface area contributed by atoms with E-state index in [1.54, 1.807) is 0 Å². The quantitative estimate of drug-likeness (QED) is 0.125. The van der Waals surface area contributed by atoms with Gasteiger partial charge in [0.25, 0.3) is 11.8 Å². The second-order valence-corrected chi connectivity index (χ2v) is 12.3. The molecule has 0 saturated carbocycles. The van der Waals surface area contributed by atoms with Crippen molar-refractivity contribution in [3.8, 4) is 17.2 Å². The van der Waals surface area contributed by atoms with Crippen LogP contribution in [0.4, 0.5) is 0 Å². The molecule has 1 fully saturated rings. The first-order chi connectivity index (χ1) is 23.2. The molecule has 2 aromatic rings. The minimum Gasteiger partial charge on any atom is -0.507 e. The number of hydrogen-bond acceptors (Lipinski definition) is 14. The van der Waals surface area contributed by atoms with Gasteiger partial charge < -0.3 is 45.1 Å². The van der Waals surface area contributed by atoms with Crippen molar-refractivity contribution in [2.45, 2.75) is 62.4 Å². The van der Waals surface area contributed by atoms with Gasteiger partial charge in [-0.1, -0.05) is 12.1 Å². The van der Waals surface area contributed by atoms with E-state index in [1.807, 2.05) is 0 Å². The highest BCUT2D eigenvalue weighted by Crippen LogP contribution is 2.52. The molecular weight excluding hydrogens is 648 g/mol. The lowest BCUT2D eigenvalue weighted by Gasteiger charge is -2.43. The topological polar surface area (TPSA) is 247 Å². The van der Waals surface area contributed by atoms with Gasteiger partial charge in [-0.15, -0.1) is 0 Å². The molecule has 258 valence electrons. The minimum atomic E-state index is -2.37. The molecular formula is C33H32N2O14. The Balaban J connectivity index is 1.36. The number of phenolic OH excluding ortho intramolecular Hbond substituents is 2. The Bertz CT molecular complexity index is 1830. The van der Waals surface area contributed by atoms with Crippen LogP contribution in [0.1, 0.15) is 68.8 Å². The Morgan fingerprint density at radius 3 is 2.37 bits per heavy atom. The SMILES string of the molecule is COc1cccc2c1C(=O)c1c(O)c3c(c(O)c1C2=O)C[C@@](O)(C(=O)CO)C[C@@H]3OC1CC(NC(=O)CN2C(=O)C=CC2=O)C(O)C(C)O1. The molecule has 2 heterocycles. The van der Waals surface area contributed by atoms with Gasteiger partial charge in [-0.3, -0.25) is 33.7 Å². The first-order valence-corrected chi connectivity index (χ1v) is 15.3. The zero-order valence-corrected chi connectivity index (χ0v) is 26.2. The van der Waals surface area contributed by atoms with Crippen LogP contribution in [0.5, 0.6) is 17.2 Å². The number of carbonyl (C=O) groups is 6. The van der Waals surface area contributed by atoms with Gasteiger partial charge in [0.2, 0.25) is 11.7 Å². The summed E-state index contributed by atoms with van der Waals surface area (Å²) in [6.45, 7) is -0.262. The van der Waals surface area contributed by atoms with Crippen LogP contribution in [0.3, 0.4) is 0 Å². The third-order valence-corrected chi connectivity index (χ3v) is 9.31.